The molecule has 0 saturated carbocycles. The van der Waals surface area contributed by atoms with Gasteiger partial charge in [0.2, 0.25) is 0 Å². The Labute approximate surface area is 71.5 Å². The molecule has 66 valence electrons. The molecule has 1 unspecified atom stereocenters. The predicted octanol–water partition coefficient (Wildman–Crippen LogP) is 0.807. The Morgan fingerprint density at radius 3 is 2.73 bits per heavy atom. The molecule has 1 heterocycles. The standard InChI is InChI=1S/C6H11NO3.ClH/c1-5-4-10-3-2-7(5)6(8)9;/h5H,2-4H2,1H3,(H,8,9);1H. The highest BCUT2D eigenvalue weighted by Crippen LogP contribution is 2.05. The molecule has 1 aliphatic heterocycles. The largest absolute Gasteiger partial charge is 0.465 e. The predicted molar refractivity (Wildman–Crippen MR) is 42.3 cm³/mol. The number of amides is 1. The van der Waals surface area contributed by atoms with Crippen molar-refractivity contribution in [2.24, 2.45) is 0 Å². The lowest BCUT2D eigenvalue weighted by molar-refractivity contribution is 0.00633. The SMILES string of the molecule is CC1COCCN1C(=O)O.Cl. The number of nitrogens with zero attached hydrogens (tertiary/aromatic N) is 1. The fraction of sp³-hybridized carbons (Fsp3) is 0.833. The van der Waals surface area contributed by atoms with Crippen LogP contribution in [0.4, 0.5) is 4.79 Å². The van der Waals surface area contributed by atoms with Gasteiger partial charge in [0.25, 0.3) is 0 Å². The van der Waals surface area contributed by atoms with Crippen molar-refractivity contribution >= 4 is 18.5 Å². The number of carboxylic acid groups (broad SMARTS) is 1. The minimum Gasteiger partial charge on any atom is -0.465 e. The third-order valence-electron chi connectivity index (χ3n) is 1.61. The number of morpholine rings is 1. The van der Waals surface area contributed by atoms with Gasteiger partial charge in [-0.1, -0.05) is 0 Å². The van der Waals surface area contributed by atoms with E-state index in [4.69, 9.17) is 9.84 Å². The first-order chi connectivity index (χ1) is 4.72. The van der Waals surface area contributed by atoms with Crippen LogP contribution in [0.15, 0.2) is 0 Å². The van der Waals surface area contributed by atoms with Crippen molar-refractivity contribution in [3.63, 3.8) is 0 Å². The van der Waals surface area contributed by atoms with Crippen LogP contribution in [0.1, 0.15) is 6.92 Å². The van der Waals surface area contributed by atoms with Gasteiger partial charge in [-0.15, -0.1) is 12.4 Å². The maximum Gasteiger partial charge on any atom is 0.407 e. The molecule has 0 spiro atoms. The summed E-state index contributed by atoms with van der Waals surface area (Å²) >= 11 is 0. The Morgan fingerprint density at radius 1 is 1.73 bits per heavy atom. The topological polar surface area (TPSA) is 49.8 Å². The Balaban J connectivity index is 0.000001000. The van der Waals surface area contributed by atoms with Crippen LogP contribution in [0.25, 0.3) is 0 Å². The maximum absolute atomic E-state index is 10.4. The molecule has 1 rings (SSSR count). The molecular weight excluding hydrogens is 170 g/mol. The van der Waals surface area contributed by atoms with Crippen LogP contribution in [-0.2, 0) is 4.74 Å². The van der Waals surface area contributed by atoms with E-state index >= 15 is 0 Å². The van der Waals surface area contributed by atoms with Crippen LogP contribution in [-0.4, -0.2) is 41.9 Å². The lowest BCUT2D eigenvalue weighted by atomic mass is 10.3. The fourth-order valence-electron chi connectivity index (χ4n) is 1.01. The van der Waals surface area contributed by atoms with Gasteiger partial charge in [-0.25, -0.2) is 4.79 Å². The van der Waals surface area contributed by atoms with Crippen LogP contribution in [0.2, 0.25) is 0 Å². The van der Waals surface area contributed by atoms with Crippen molar-refractivity contribution in [2.45, 2.75) is 13.0 Å². The molecule has 0 aromatic heterocycles. The molecule has 4 nitrogen and oxygen atoms in total. The normalized spacial score (nSPS) is 24.1. The summed E-state index contributed by atoms with van der Waals surface area (Å²) < 4.78 is 5.06. The molecular formula is C6H12ClNO3. The van der Waals surface area contributed by atoms with E-state index in [0.29, 0.717) is 19.8 Å². The quantitative estimate of drug-likeness (QED) is 0.602. The van der Waals surface area contributed by atoms with Crippen molar-refractivity contribution in [3.05, 3.63) is 0 Å². The fourth-order valence-corrected chi connectivity index (χ4v) is 1.01. The summed E-state index contributed by atoms with van der Waals surface area (Å²) in [5.41, 5.74) is 0. The third kappa shape index (κ3) is 2.55. The number of hydrogen-bond donors (Lipinski definition) is 1. The van der Waals surface area contributed by atoms with Gasteiger partial charge < -0.3 is 14.7 Å². The lowest BCUT2D eigenvalue weighted by Gasteiger charge is -2.30. The Kier molecular flexibility index (Phi) is 4.22. The highest BCUT2D eigenvalue weighted by Gasteiger charge is 2.22. The summed E-state index contributed by atoms with van der Waals surface area (Å²) in [7, 11) is 0. The molecule has 1 amide bonds. The van der Waals surface area contributed by atoms with Crippen molar-refractivity contribution in [3.8, 4) is 0 Å². The molecule has 5 heteroatoms. The molecule has 0 aromatic carbocycles. The van der Waals surface area contributed by atoms with E-state index in [1.807, 2.05) is 6.92 Å². The zero-order chi connectivity index (χ0) is 7.56. The highest BCUT2D eigenvalue weighted by atomic mass is 35.5. The van der Waals surface area contributed by atoms with E-state index in [-0.39, 0.29) is 18.4 Å². The van der Waals surface area contributed by atoms with E-state index in [2.05, 4.69) is 0 Å². The van der Waals surface area contributed by atoms with Crippen LogP contribution >= 0.6 is 12.4 Å². The van der Waals surface area contributed by atoms with Crippen molar-refractivity contribution in [1.29, 1.82) is 0 Å². The minimum absolute atomic E-state index is 0. The van der Waals surface area contributed by atoms with Crippen LogP contribution in [0, 0.1) is 0 Å². The number of halogens is 1. The van der Waals surface area contributed by atoms with Crippen LogP contribution in [0.5, 0.6) is 0 Å². The summed E-state index contributed by atoms with van der Waals surface area (Å²) in [6, 6.07) is 0.00579. The van der Waals surface area contributed by atoms with Crippen LogP contribution < -0.4 is 0 Å². The molecule has 11 heavy (non-hydrogen) atoms. The monoisotopic (exact) mass is 181 g/mol. The number of carbonyl (C=O) groups is 1. The van der Waals surface area contributed by atoms with Gasteiger partial charge in [0.1, 0.15) is 0 Å². The summed E-state index contributed by atoms with van der Waals surface area (Å²) in [5.74, 6) is 0. The second kappa shape index (κ2) is 4.41. The zero-order valence-electron chi connectivity index (χ0n) is 6.32. The van der Waals surface area contributed by atoms with Gasteiger partial charge in [-0.3, -0.25) is 0 Å². The van der Waals surface area contributed by atoms with E-state index in [1.165, 1.54) is 4.90 Å². The molecule has 0 aromatic rings. The summed E-state index contributed by atoms with van der Waals surface area (Å²) in [6.07, 6.45) is -0.851. The van der Waals surface area contributed by atoms with E-state index in [9.17, 15) is 4.79 Å². The average molecular weight is 182 g/mol. The van der Waals surface area contributed by atoms with Gasteiger partial charge in [0, 0.05) is 6.54 Å². The molecule has 1 atom stereocenters. The molecule has 1 aliphatic rings. The van der Waals surface area contributed by atoms with Gasteiger partial charge in [-0.2, -0.15) is 0 Å². The second-order valence-electron chi connectivity index (χ2n) is 2.40. The Morgan fingerprint density at radius 2 is 2.36 bits per heavy atom. The van der Waals surface area contributed by atoms with Crippen LogP contribution in [0.3, 0.4) is 0 Å². The highest BCUT2D eigenvalue weighted by molar-refractivity contribution is 5.85. The van der Waals surface area contributed by atoms with Gasteiger partial charge in [0.15, 0.2) is 0 Å². The first-order valence-electron chi connectivity index (χ1n) is 3.29. The average Bonchev–Trinajstić information content (AvgIpc) is 1.88. The van der Waals surface area contributed by atoms with Gasteiger partial charge in [0.05, 0.1) is 19.3 Å². The molecule has 1 saturated heterocycles. The maximum atomic E-state index is 10.4. The van der Waals surface area contributed by atoms with E-state index < -0.39 is 6.09 Å². The third-order valence-corrected chi connectivity index (χ3v) is 1.61. The molecule has 1 N–H and O–H groups in total. The molecule has 1 fully saturated rings. The lowest BCUT2D eigenvalue weighted by Crippen LogP contribution is -2.46. The van der Waals surface area contributed by atoms with Gasteiger partial charge in [-0.05, 0) is 6.92 Å². The van der Waals surface area contributed by atoms with Gasteiger partial charge >= 0.3 is 6.09 Å². The second-order valence-corrected chi connectivity index (χ2v) is 2.40. The minimum atomic E-state index is -0.851. The molecule has 0 aliphatic carbocycles. The van der Waals surface area contributed by atoms with E-state index in [0.717, 1.165) is 0 Å². The van der Waals surface area contributed by atoms with Crippen molar-refractivity contribution in [2.75, 3.05) is 19.8 Å². The first kappa shape index (κ1) is 10.5. The Bertz CT molecular complexity index is 142. The smallest absolute Gasteiger partial charge is 0.407 e. The molecule has 0 bridgehead atoms. The summed E-state index contributed by atoms with van der Waals surface area (Å²) in [6.45, 7) is 3.38. The summed E-state index contributed by atoms with van der Waals surface area (Å²) in [4.78, 5) is 11.8. The van der Waals surface area contributed by atoms with Crippen molar-refractivity contribution < 1.29 is 14.6 Å². The number of rotatable bonds is 0. The first-order valence-corrected chi connectivity index (χ1v) is 3.29. The zero-order valence-corrected chi connectivity index (χ0v) is 7.13. The summed E-state index contributed by atoms with van der Waals surface area (Å²) in [5, 5.41) is 8.58. The molecule has 0 radical (unpaired) electrons. The Hall–Kier alpha value is -0.480. The van der Waals surface area contributed by atoms with Crippen molar-refractivity contribution in [1.82, 2.24) is 4.90 Å². The van der Waals surface area contributed by atoms with E-state index in [1.54, 1.807) is 0 Å². The number of hydrogen-bond acceptors (Lipinski definition) is 2. The number of ether oxygens (including phenoxy) is 1.